The zero-order chi connectivity index (χ0) is 37.9. The molecular formula is C37H68N4O9. The highest BCUT2D eigenvalue weighted by molar-refractivity contribution is 6.04. The topological polar surface area (TPSA) is 131 Å². The molecule has 0 radical (unpaired) electrons. The zero-order valence-electron chi connectivity index (χ0n) is 33.4. The highest BCUT2D eigenvalue weighted by Crippen LogP contribution is 2.38. The fourth-order valence-corrected chi connectivity index (χ4v) is 7.84. The summed E-state index contributed by atoms with van der Waals surface area (Å²) in [4.78, 5) is 49.2. The van der Waals surface area contributed by atoms with Crippen LogP contribution in [0, 0.1) is 17.3 Å². The fraction of sp³-hybridized carbons (Fsp3) is 0.919. The van der Waals surface area contributed by atoms with Gasteiger partial charge in [0.1, 0.15) is 23.2 Å². The SMILES string of the molecule is CO[C@]1(C)C[C@@H](C)CN(C)[C@@H](CN2CCN(C(=O)OC(C)(C)C)CC2)[C@H](C)OC(=O)C(C)(C)C(=O)[C@H](C)[C@H]1O[C@@H]1O[C@H](C)C[C@H](N(C)C)[C@H]1O. The molecule has 13 nitrogen and oxygen atoms in total. The van der Waals surface area contributed by atoms with Crippen LogP contribution in [0.3, 0.4) is 0 Å². The maximum Gasteiger partial charge on any atom is 0.410 e. The van der Waals surface area contributed by atoms with E-state index in [0.717, 1.165) is 0 Å². The molecule has 10 atom stereocenters. The van der Waals surface area contributed by atoms with E-state index in [9.17, 15) is 19.5 Å². The summed E-state index contributed by atoms with van der Waals surface area (Å²) < 4.78 is 30.8. The summed E-state index contributed by atoms with van der Waals surface area (Å²) in [7, 11) is 7.48. The number of piperazine rings is 1. The minimum atomic E-state index is -1.49. The number of cyclic esters (lactones) is 1. The quantitative estimate of drug-likeness (QED) is 0.321. The second-order valence-electron chi connectivity index (χ2n) is 17.1. The Bertz CT molecular complexity index is 1150. The predicted octanol–water partition coefficient (Wildman–Crippen LogP) is 3.26. The molecule has 0 saturated carbocycles. The first-order valence-electron chi connectivity index (χ1n) is 18.4. The molecule has 0 spiro atoms. The van der Waals surface area contributed by atoms with Crippen LogP contribution in [0.15, 0.2) is 0 Å². The third-order valence-corrected chi connectivity index (χ3v) is 10.8. The number of methoxy groups -OCH3 is 1. The van der Waals surface area contributed by atoms with Crippen molar-refractivity contribution >= 4 is 17.8 Å². The highest BCUT2D eigenvalue weighted by Gasteiger charge is 2.52. The Morgan fingerprint density at radius 3 is 2.18 bits per heavy atom. The molecule has 1 N–H and O–H groups in total. The monoisotopic (exact) mass is 712 g/mol. The summed E-state index contributed by atoms with van der Waals surface area (Å²) in [5.41, 5.74) is -3.02. The Hall–Kier alpha value is -1.87. The van der Waals surface area contributed by atoms with E-state index < -0.39 is 53.1 Å². The van der Waals surface area contributed by atoms with Crippen molar-refractivity contribution < 1.29 is 43.2 Å². The van der Waals surface area contributed by atoms with Crippen LogP contribution in [0.25, 0.3) is 0 Å². The van der Waals surface area contributed by atoms with Crippen molar-refractivity contribution in [1.29, 1.82) is 0 Å². The molecule has 0 bridgehead atoms. The van der Waals surface area contributed by atoms with Gasteiger partial charge in [0.25, 0.3) is 0 Å². The van der Waals surface area contributed by atoms with Gasteiger partial charge in [0.2, 0.25) is 0 Å². The van der Waals surface area contributed by atoms with E-state index >= 15 is 0 Å². The van der Waals surface area contributed by atoms with Crippen molar-refractivity contribution in [3.63, 3.8) is 0 Å². The first kappa shape index (κ1) is 42.5. The van der Waals surface area contributed by atoms with Crippen molar-refractivity contribution in [1.82, 2.24) is 19.6 Å². The number of nitrogens with zero attached hydrogens (tertiary/aromatic N) is 4. The highest BCUT2D eigenvalue weighted by atomic mass is 16.7. The number of amides is 1. The fourth-order valence-electron chi connectivity index (χ4n) is 7.84. The lowest BCUT2D eigenvalue weighted by Crippen LogP contribution is -2.59. The van der Waals surface area contributed by atoms with E-state index in [-0.39, 0.29) is 36.0 Å². The lowest BCUT2D eigenvalue weighted by Gasteiger charge is -2.47. The Balaban J connectivity index is 1.90. The maximum absolute atomic E-state index is 14.4. The van der Waals surface area contributed by atoms with Crippen molar-refractivity contribution in [2.45, 2.75) is 136 Å². The van der Waals surface area contributed by atoms with Gasteiger partial charge in [-0.3, -0.25) is 19.4 Å². The number of ketones is 1. The molecule has 290 valence electrons. The molecule has 3 fully saturated rings. The molecule has 0 unspecified atom stereocenters. The number of carbonyl (C=O) groups excluding carboxylic acids is 3. The lowest BCUT2D eigenvalue weighted by atomic mass is 9.74. The average molecular weight is 713 g/mol. The van der Waals surface area contributed by atoms with Crippen LogP contribution in [0.5, 0.6) is 0 Å². The maximum atomic E-state index is 14.4. The number of aliphatic hydroxyl groups is 1. The van der Waals surface area contributed by atoms with Gasteiger partial charge in [-0.2, -0.15) is 0 Å². The molecule has 0 aliphatic carbocycles. The Morgan fingerprint density at radius 1 is 1.04 bits per heavy atom. The first-order valence-corrected chi connectivity index (χ1v) is 18.4. The molecule has 13 heteroatoms. The van der Waals surface area contributed by atoms with E-state index in [1.165, 1.54) is 0 Å². The number of hydrogen-bond donors (Lipinski definition) is 1. The molecule has 0 aromatic heterocycles. The Labute approximate surface area is 301 Å². The second kappa shape index (κ2) is 16.9. The number of Topliss-reactive ketones (excluding diaryl/α,β-unsaturated/α-hetero) is 1. The third-order valence-electron chi connectivity index (χ3n) is 10.8. The minimum absolute atomic E-state index is 0.0761. The first-order chi connectivity index (χ1) is 23.0. The molecular weight excluding hydrogens is 644 g/mol. The van der Waals surface area contributed by atoms with Gasteiger partial charge in [0.15, 0.2) is 12.1 Å². The predicted molar refractivity (Wildman–Crippen MR) is 191 cm³/mol. The van der Waals surface area contributed by atoms with Gasteiger partial charge >= 0.3 is 12.1 Å². The van der Waals surface area contributed by atoms with Crippen LogP contribution < -0.4 is 0 Å². The van der Waals surface area contributed by atoms with Gasteiger partial charge in [0.05, 0.1) is 23.9 Å². The van der Waals surface area contributed by atoms with Gasteiger partial charge < -0.3 is 38.6 Å². The van der Waals surface area contributed by atoms with Crippen molar-refractivity contribution in [3.05, 3.63) is 0 Å². The average Bonchev–Trinajstić information content (AvgIpc) is 3.01. The van der Waals surface area contributed by atoms with Gasteiger partial charge in [0, 0.05) is 58.3 Å². The van der Waals surface area contributed by atoms with Gasteiger partial charge in [-0.05, 0) is 95.3 Å². The summed E-state index contributed by atoms with van der Waals surface area (Å²) in [6, 6.07) is -0.384. The zero-order valence-corrected chi connectivity index (χ0v) is 33.4. The number of carbonyl (C=O) groups is 3. The third kappa shape index (κ3) is 10.4. The van der Waals surface area contributed by atoms with E-state index in [4.69, 9.17) is 23.7 Å². The van der Waals surface area contributed by atoms with E-state index in [1.807, 2.05) is 67.6 Å². The van der Waals surface area contributed by atoms with Crippen molar-refractivity contribution in [2.75, 3.05) is 67.5 Å². The van der Waals surface area contributed by atoms with Gasteiger partial charge in [-0.1, -0.05) is 13.8 Å². The number of esters is 1. The largest absolute Gasteiger partial charge is 0.460 e. The number of ether oxygens (including phenoxy) is 5. The van der Waals surface area contributed by atoms with Crippen molar-refractivity contribution in [3.8, 4) is 0 Å². The Kier molecular flexibility index (Phi) is 14.3. The van der Waals surface area contributed by atoms with Crippen LogP contribution in [0.2, 0.25) is 0 Å². The van der Waals surface area contributed by atoms with Gasteiger partial charge in [-0.15, -0.1) is 0 Å². The van der Waals surface area contributed by atoms with Crippen LogP contribution in [-0.2, 0) is 33.3 Å². The number of aliphatic hydroxyl groups excluding tert-OH is 1. The summed E-state index contributed by atoms with van der Waals surface area (Å²) in [5.74, 6) is -1.66. The molecule has 3 aliphatic rings. The number of rotatable bonds is 6. The molecule has 3 saturated heterocycles. The van der Waals surface area contributed by atoms with Crippen LogP contribution >= 0.6 is 0 Å². The smallest absolute Gasteiger partial charge is 0.410 e. The normalized spacial score (nSPS) is 37.4. The van der Waals surface area contributed by atoms with E-state index in [1.54, 1.807) is 32.8 Å². The lowest BCUT2D eigenvalue weighted by molar-refractivity contribution is -0.295. The van der Waals surface area contributed by atoms with Crippen LogP contribution in [0.4, 0.5) is 4.79 Å². The standard InChI is InChI=1S/C37H68N4O9/c1-23-20-37(10,46-14)31(49-32-29(42)27(38(11)12)19-24(2)47-32)25(3)30(43)36(8,9)33(44)48-26(4)28(39(13)21-23)22-40-15-17-41(18-16-40)34(45)50-35(5,6)7/h23-29,31-32,42H,15-22H2,1-14H3/t23-,24-,25+,26+,27+,28+,29-,31-,32+,37-/m1/s1. The summed E-state index contributed by atoms with van der Waals surface area (Å²) >= 11 is 0. The van der Waals surface area contributed by atoms with Crippen LogP contribution in [-0.4, -0.2) is 164 Å². The summed E-state index contributed by atoms with van der Waals surface area (Å²) in [6.45, 7) is 22.1. The van der Waals surface area contributed by atoms with E-state index in [2.05, 4.69) is 16.7 Å². The molecule has 3 rings (SSSR count). The minimum Gasteiger partial charge on any atom is -0.460 e. The molecule has 0 aromatic rings. The van der Waals surface area contributed by atoms with Crippen molar-refractivity contribution in [2.24, 2.45) is 17.3 Å². The molecule has 50 heavy (non-hydrogen) atoms. The molecule has 3 aliphatic heterocycles. The Morgan fingerprint density at radius 2 is 1.64 bits per heavy atom. The number of likely N-dealkylation sites (N-methyl/N-ethyl adjacent to an activating group) is 2. The summed E-state index contributed by atoms with van der Waals surface area (Å²) in [5, 5.41) is 11.4. The molecule has 0 aromatic carbocycles. The van der Waals surface area contributed by atoms with Crippen LogP contribution in [0.1, 0.15) is 82.1 Å². The number of hydrogen-bond acceptors (Lipinski definition) is 12. The summed E-state index contributed by atoms with van der Waals surface area (Å²) in [6.07, 6.45) is -2.64. The molecule has 1 amide bonds. The molecule has 3 heterocycles. The van der Waals surface area contributed by atoms with Gasteiger partial charge in [-0.25, -0.2) is 4.79 Å². The second-order valence-corrected chi connectivity index (χ2v) is 17.1. The van der Waals surface area contributed by atoms with E-state index in [0.29, 0.717) is 52.1 Å².